The molecule has 0 aromatic heterocycles. The Morgan fingerprint density at radius 2 is 1.63 bits per heavy atom. The first-order chi connectivity index (χ1) is 14.5. The second-order valence-electron chi connectivity index (χ2n) is 7.03. The van der Waals surface area contributed by atoms with Crippen LogP contribution in [0, 0.1) is 0 Å². The van der Waals surface area contributed by atoms with Gasteiger partial charge in [0.25, 0.3) is 0 Å². The Labute approximate surface area is 179 Å². The molecular formula is C23H33N3O4. The van der Waals surface area contributed by atoms with Crippen LogP contribution in [0.15, 0.2) is 42.5 Å². The number of benzene rings is 2. The van der Waals surface area contributed by atoms with E-state index < -0.39 is 0 Å². The van der Waals surface area contributed by atoms with Gasteiger partial charge in [0.2, 0.25) is 0 Å². The number of carbonyl (C=O) groups is 1. The molecule has 1 atom stereocenters. The van der Waals surface area contributed by atoms with Crippen LogP contribution in [0.4, 0.5) is 16.2 Å². The lowest BCUT2D eigenvalue weighted by Crippen LogP contribution is -2.37. The first kappa shape index (κ1) is 23.3. The van der Waals surface area contributed by atoms with E-state index in [9.17, 15) is 4.79 Å². The van der Waals surface area contributed by atoms with Gasteiger partial charge in [0, 0.05) is 37.1 Å². The van der Waals surface area contributed by atoms with E-state index in [2.05, 4.69) is 16.0 Å². The second-order valence-corrected chi connectivity index (χ2v) is 7.03. The Hall–Kier alpha value is -2.93. The van der Waals surface area contributed by atoms with Crippen molar-refractivity contribution in [3.63, 3.8) is 0 Å². The van der Waals surface area contributed by atoms with Crippen molar-refractivity contribution < 1.29 is 19.0 Å². The summed E-state index contributed by atoms with van der Waals surface area (Å²) in [6, 6.07) is 12.9. The third kappa shape index (κ3) is 7.15. The monoisotopic (exact) mass is 415 g/mol. The largest absolute Gasteiger partial charge is 0.493 e. The van der Waals surface area contributed by atoms with E-state index in [0.717, 1.165) is 25.1 Å². The first-order valence-electron chi connectivity index (χ1n) is 10.3. The van der Waals surface area contributed by atoms with Crippen molar-refractivity contribution in [2.75, 3.05) is 31.4 Å². The molecule has 2 aromatic carbocycles. The molecule has 2 rings (SSSR count). The SMILES string of the molecule is CCC(CC)NC(=O)Nc1ccc(Oc2ccc(NCC(C)OC)cc2)c(OC)c1. The molecule has 0 spiro atoms. The zero-order valence-corrected chi connectivity index (χ0v) is 18.5. The van der Waals surface area contributed by atoms with Crippen LogP contribution in [-0.4, -0.2) is 38.9 Å². The van der Waals surface area contributed by atoms with Crippen LogP contribution in [-0.2, 0) is 4.74 Å². The first-order valence-corrected chi connectivity index (χ1v) is 10.3. The topological polar surface area (TPSA) is 80.9 Å². The quantitative estimate of drug-likeness (QED) is 0.467. The molecule has 0 bridgehead atoms. The third-order valence-corrected chi connectivity index (χ3v) is 4.82. The molecule has 164 valence electrons. The molecule has 7 heteroatoms. The summed E-state index contributed by atoms with van der Waals surface area (Å²) >= 11 is 0. The fraction of sp³-hybridized carbons (Fsp3) is 0.435. The summed E-state index contributed by atoms with van der Waals surface area (Å²) in [6.45, 7) is 6.83. The van der Waals surface area contributed by atoms with Crippen LogP contribution in [0.3, 0.4) is 0 Å². The number of anilines is 2. The van der Waals surface area contributed by atoms with Gasteiger partial charge < -0.3 is 30.2 Å². The van der Waals surface area contributed by atoms with Crippen molar-refractivity contribution in [2.45, 2.75) is 45.8 Å². The molecular weight excluding hydrogens is 382 g/mol. The van der Waals surface area contributed by atoms with E-state index in [1.165, 1.54) is 0 Å². The Balaban J connectivity index is 2.00. The van der Waals surface area contributed by atoms with Gasteiger partial charge in [0.05, 0.1) is 13.2 Å². The molecule has 0 saturated carbocycles. The molecule has 0 heterocycles. The highest BCUT2D eigenvalue weighted by molar-refractivity contribution is 5.89. The summed E-state index contributed by atoms with van der Waals surface area (Å²) in [7, 11) is 3.26. The summed E-state index contributed by atoms with van der Waals surface area (Å²) in [5.74, 6) is 1.79. The smallest absolute Gasteiger partial charge is 0.319 e. The summed E-state index contributed by atoms with van der Waals surface area (Å²) in [4.78, 5) is 12.2. The maximum atomic E-state index is 12.2. The molecule has 0 aliphatic heterocycles. The fourth-order valence-corrected chi connectivity index (χ4v) is 2.79. The Bertz CT molecular complexity index is 792. The van der Waals surface area contributed by atoms with E-state index in [1.807, 2.05) is 45.0 Å². The molecule has 3 N–H and O–H groups in total. The lowest BCUT2D eigenvalue weighted by molar-refractivity contribution is 0.129. The number of hydrogen-bond donors (Lipinski definition) is 3. The average molecular weight is 416 g/mol. The van der Waals surface area contributed by atoms with Gasteiger partial charge in [-0.2, -0.15) is 0 Å². The molecule has 2 aromatic rings. The Morgan fingerprint density at radius 3 is 2.23 bits per heavy atom. The highest BCUT2D eigenvalue weighted by atomic mass is 16.5. The third-order valence-electron chi connectivity index (χ3n) is 4.82. The van der Waals surface area contributed by atoms with Gasteiger partial charge >= 0.3 is 6.03 Å². The molecule has 7 nitrogen and oxygen atoms in total. The van der Waals surface area contributed by atoms with Gasteiger partial charge in [0.15, 0.2) is 11.5 Å². The number of urea groups is 1. The zero-order valence-electron chi connectivity index (χ0n) is 18.5. The van der Waals surface area contributed by atoms with E-state index in [-0.39, 0.29) is 18.2 Å². The van der Waals surface area contributed by atoms with Crippen molar-refractivity contribution in [3.8, 4) is 17.2 Å². The minimum atomic E-state index is -0.231. The van der Waals surface area contributed by atoms with Crippen LogP contribution in [0.2, 0.25) is 0 Å². The summed E-state index contributed by atoms with van der Waals surface area (Å²) in [6.07, 6.45) is 1.91. The Kier molecular flexibility index (Phi) is 9.28. The number of methoxy groups -OCH3 is 2. The standard InChI is InChI=1S/C23H33N3O4/c1-6-17(7-2)25-23(27)26-19-10-13-21(22(14-19)29-5)30-20-11-8-18(9-12-20)24-15-16(3)28-4/h8-14,16-17,24H,6-7,15H2,1-5H3,(H2,25,26,27). The van der Waals surface area contributed by atoms with Gasteiger partial charge in [-0.1, -0.05) is 13.8 Å². The number of hydrogen-bond acceptors (Lipinski definition) is 5. The highest BCUT2D eigenvalue weighted by Gasteiger charge is 2.11. The lowest BCUT2D eigenvalue weighted by atomic mass is 10.2. The molecule has 0 aliphatic carbocycles. The minimum absolute atomic E-state index is 0.134. The normalized spacial score (nSPS) is 11.7. The maximum Gasteiger partial charge on any atom is 0.319 e. The molecule has 0 radical (unpaired) electrons. The number of ether oxygens (including phenoxy) is 3. The van der Waals surface area contributed by atoms with Gasteiger partial charge in [-0.25, -0.2) is 4.79 Å². The van der Waals surface area contributed by atoms with E-state index >= 15 is 0 Å². The van der Waals surface area contributed by atoms with Crippen molar-refractivity contribution in [1.29, 1.82) is 0 Å². The highest BCUT2D eigenvalue weighted by Crippen LogP contribution is 2.34. The molecule has 2 amide bonds. The number of amides is 2. The van der Waals surface area contributed by atoms with Gasteiger partial charge in [-0.05, 0) is 56.2 Å². The van der Waals surface area contributed by atoms with Gasteiger partial charge in [-0.15, -0.1) is 0 Å². The maximum absolute atomic E-state index is 12.2. The van der Waals surface area contributed by atoms with E-state index in [0.29, 0.717) is 22.9 Å². The van der Waals surface area contributed by atoms with Gasteiger partial charge in [-0.3, -0.25) is 0 Å². The summed E-state index contributed by atoms with van der Waals surface area (Å²) in [5, 5.41) is 9.09. The van der Waals surface area contributed by atoms with E-state index in [4.69, 9.17) is 14.2 Å². The molecule has 0 saturated heterocycles. The summed E-state index contributed by atoms with van der Waals surface area (Å²) in [5.41, 5.74) is 1.62. The molecule has 0 aliphatic rings. The van der Waals surface area contributed by atoms with Crippen LogP contribution in [0.1, 0.15) is 33.6 Å². The molecule has 0 fully saturated rings. The summed E-state index contributed by atoms with van der Waals surface area (Å²) < 4.78 is 16.6. The number of nitrogens with one attached hydrogen (secondary N) is 3. The van der Waals surface area contributed by atoms with Crippen molar-refractivity contribution in [2.24, 2.45) is 0 Å². The van der Waals surface area contributed by atoms with Crippen LogP contribution in [0.25, 0.3) is 0 Å². The average Bonchev–Trinajstić information content (AvgIpc) is 2.77. The lowest BCUT2D eigenvalue weighted by Gasteiger charge is -2.16. The molecule has 1 unspecified atom stereocenters. The van der Waals surface area contributed by atoms with Crippen molar-refractivity contribution in [3.05, 3.63) is 42.5 Å². The molecule has 30 heavy (non-hydrogen) atoms. The van der Waals surface area contributed by atoms with Crippen LogP contribution >= 0.6 is 0 Å². The number of rotatable bonds is 11. The van der Waals surface area contributed by atoms with E-state index in [1.54, 1.807) is 32.4 Å². The van der Waals surface area contributed by atoms with Crippen molar-refractivity contribution in [1.82, 2.24) is 5.32 Å². The minimum Gasteiger partial charge on any atom is -0.493 e. The zero-order chi connectivity index (χ0) is 21.9. The predicted octanol–water partition coefficient (Wildman–Crippen LogP) is 5.24. The van der Waals surface area contributed by atoms with Crippen LogP contribution in [0.5, 0.6) is 17.2 Å². The predicted molar refractivity (Wildman–Crippen MR) is 121 cm³/mol. The second kappa shape index (κ2) is 11.9. The van der Waals surface area contributed by atoms with Crippen molar-refractivity contribution >= 4 is 17.4 Å². The Morgan fingerprint density at radius 1 is 0.967 bits per heavy atom. The van der Waals surface area contributed by atoms with Crippen LogP contribution < -0.4 is 25.4 Å². The van der Waals surface area contributed by atoms with Gasteiger partial charge in [0.1, 0.15) is 5.75 Å². The number of carbonyl (C=O) groups excluding carboxylic acids is 1. The fourth-order valence-electron chi connectivity index (χ4n) is 2.79.